The monoisotopic (exact) mass is 356 g/mol. The maximum absolute atomic E-state index is 12.7. The van der Waals surface area contributed by atoms with Crippen LogP contribution in [0, 0.1) is 0 Å². The van der Waals surface area contributed by atoms with E-state index < -0.39 is 17.9 Å². The van der Waals surface area contributed by atoms with E-state index in [2.05, 4.69) is 5.32 Å². The Morgan fingerprint density at radius 3 is 2.58 bits per heavy atom. The summed E-state index contributed by atoms with van der Waals surface area (Å²) in [6.07, 6.45) is 0.822. The molecule has 1 aromatic carbocycles. The number of carboxylic acids is 1. The van der Waals surface area contributed by atoms with E-state index in [0.717, 1.165) is 5.69 Å². The van der Waals surface area contributed by atoms with E-state index in [9.17, 15) is 14.4 Å². The summed E-state index contributed by atoms with van der Waals surface area (Å²) in [5, 5.41) is 11.8. The van der Waals surface area contributed by atoms with E-state index in [1.165, 1.54) is 6.07 Å². The Bertz CT molecular complexity index is 843. The van der Waals surface area contributed by atoms with Crippen molar-refractivity contribution in [3.05, 3.63) is 53.5 Å². The number of furan rings is 1. The molecule has 2 atom stereocenters. The Balaban J connectivity index is 1.76. The normalized spacial score (nSPS) is 19.6. The van der Waals surface area contributed by atoms with Gasteiger partial charge >= 0.3 is 5.97 Å². The van der Waals surface area contributed by atoms with Crippen LogP contribution in [0.4, 0.5) is 5.69 Å². The van der Waals surface area contributed by atoms with Crippen LogP contribution in [0.3, 0.4) is 0 Å². The van der Waals surface area contributed by atoms with Crippen LogP contribution in [0.15, 0.2) is 40.8 Å². The number of carbonyl (C=O) groups excluding carboxylic acids is 2. The first kappa shape index (κ1) is 17.7. The second-order valence-corrected chi connectivity index (χ2v) is 6.26. The van der Waals surface area contributed by atoms with Gasteiger partial charge < -0.3 is 19.7 Å². The van der Waals surface area contributed by atoms with Crippen LogP contribution in [0.1, 0.15) is 46.9 Å². The molecule has 0 radical (unpaired) electrons. The highest BCUT2D eigenvalue weighted by Gasteiger charge is 2.39. The lowest BCUT2D eigenvalue weighted by Gasteiger charge is -2.21. The van der Waals surface area contributed by atoms with Gasteiger partial charge in [-0.25, -0.2) is 4.79 Å². The molecule has 1 aliphatic rings. The summed E-state index contributed by atoms with van der Waals surface area (Å²) >= 11 is 0. The third-order valence-electron chi connectivity index (χ3n) is 4.48. The molecule has 7 nitrogen and oxygen atoms in total. The Kier molecular flexibility index (Phi) is 4.79. The number of hydrogen-bond acceptors (Lipinski definition) is 4. The van der Waals surface area contributed by atoms with Crippen LogP contribution < -0.4 is 10.2 Å². The maximum Gasteiger partial charge on any atom is 0.339 e. The minimum atomic E-state index is -1.15. The van der Waals surface area contributed by atoms with Crippen molar-refractivity contribution >= 4 is 23.5 Å². The van der Waals surface area contributed by atoms with Crippen molar-refractivity contribution in [3.8, 4) is 0 Å². The van der Waals surface area contributed by atoms with E-state index in [1.54, 1.807) is 11.8 Å². The Morgan fingerprint density at radius 2 is 2.00 bits per heavy atom. The molecule has 0 spiro atoms. The first-order valence-electron chi connectivity index (χ1n) is 8.47. The Labute approximate surface area is 150 Å². The Hall–Kier alpha value is -3.09. The number of nitrogens with zero attached hydrogens (tertiary/aromatic N) is 1. The first-order valence-corrected chi connectivity index (χ1v) is 8.47. The number of carbonyl (C=O) groups is 3. The summed E-state index contributed by atoms with van der Waals surface area (Å²) in [7, 11) is 0. The molecule has 136 valence electrons. The largest absolute Gasteiger partial charge is 0.478 e. The standard InChI is InChI=1S/C19H20N2O5/c1-3-15-13(19(24)25)10-16(26-15)17(22)20-14-9-11(2)21(18(14)23)12-7-5-4-6-8-12/h4-8,10-11,14H,3,9H2,1-2H3,(H,20,22)(H,24,25). The van der Waals surface area contributed by atoms with Gasteiger partial charge in [0.25, 0.3) is 5.91 Å². The summed E-state index contributed by atoms with van der Waals surface area (Å²) in [5.74, 6) is -1.80. The molecule has 2 aromatic rings. The zero-order valence-corrected chi connectivity index (χ0v) is 14.6. The van der Waals surface area contributed by atoms with E-state index in [0.29, 0.717) is 12.8 Å². The van der Waals surface area contributed by atoms with Crippen LogP contribution in [-0.4, -0.2) is 35.0 Å². The molecule has 1 saturated heterocycles. The average molecular weight is 356 g/mol. The quantitative estimate of drug-likeness (QED) is 0.857. The number of rotatable bonds is 5. The molecule has 1 aliphatic heterocycles. The van der Waals surface area contributed by atoms with Crippen molar-refractivity contribution in [2.24, 2.45) is 0 Å². The zero-order chi connectivity index (χ0) is 18.8. The molecule has 1 aromatic heterocycles. The molecule has 0 bridgehead atoms. The van der Waals surface area contributed by atoms with Crippen molar-refractivity contribution < 1.29 is 23.9 Å². The smallest absolute Gasteiger partial charge is 0.339 e. The van der Waals surface area contributed by atoms with Gasteiger partial charge in [0.2, 0.25) is 5.91 Å². The molecular formula is C19H20N2O5. The van der Waals surface area contributed by atoms with Crippen molar-refractivity contribution in [1.82, 2.24) is 5.32 Å². The summed E-state index contributed by atoms with van der Waals surface area (Å²) in [5.41, 5.74) is 0.746. The molecule has 2 N–H and O–H groups in total. The number of amides is 2. The Morgan fingerprint density at radius 1 is 1.31 bits per heavy atom. The van der Waals surface area contributed by atoms with Crippen LogP contribution in [0.5, 0.6) is 0 Å². The van der Waals surface area contributed by atoms with Gasteiger partial charge in [0.15, 0.2) is 5.76 Å². The zero-order valence-electron chi connectivity index (χ0n) is 14.6. The topological polar surface area (TPSA) is 99.9 Å². The molecule has 1 fully saturated rings. The molecule has 26 heavy (non-hydrogen) atoms. The molecular weight excluding hydrogens is 336 g/mol. The summed E-state index contributed by atoms with van der Waals surface area (Å²) in [6, 6.07) is 9.72. The second kappa shape index (κ2) is 7.03. The lowest BCUT2D eigenvalue weighted by molar-refractivity contribution is -0.118. The fraction of sp³-hybridized carbons (Fsp3) is 0.316. The molecule has 0 aliphatic carbocycles. The molecule has 2 heterocycles. The number of nitrogens with one attached hydrogen (secondary N) is 1. The van der Waals surface area contributed by atoms with Crippen LogP contribution in [-0.2, 0) is 11.2 Å². The van der Waals surface area contributed by atoms with Crippen molar-refractivity contribution in [2.75, 3.05) is 4.90 Å². The van der Waals surface area contributed by atoms with Gasteiger partial charge in [0, 0.05) is 24.2 Å². The maximum atomic E-state index is 12.7. The van der Waals surface area contributed by atoms with Crippen molar-refractivity contribution in [2.45, 2.75) is 38.8 Å². The highest BCUT2D eigenvalue weighted by Crippen LogP contribution is 2.27. The second-order valence-electron chi connectivity index (χ2n) is 6.26. The van der Waals surface area contributed by atoms with Gasteiger partial charge in [-0.3, -0.25) is 9.59 Å². The third-order valence-corrected chi connectivity index (χ3v) is 4.48. The predicted octanol–water partition coefficient (Wildman–Crippen LogP) is 2.46. The highest BCUT2D eigenvalue weighted by atomic mass is 16.4. The van der Waals surface area contributed by atoms with Gasteiger partial charge in [0.05, 0.1) is 0 Å². The number of benzene rings is 1. The van der Waals surface area contributed by atoms with Crippen molar-refractivity contribution in [1.29, 1.82) is 0 Å². The molecule has 2 unspecified atom stereocenters. The van der Waals surface area contributed by atoms with Gasteiger partial charge in [-0.05, 0) is 25.5 Å². The van der Waals surface area contributed by atoms with E-state index in [-0.39, 0.29) is 29.0 Å². The number of para-hydroxylation sites is 1. The van der Waals surface area contributed by atoms with Gasteiger partial charge in [0.1, 0.15) is 17.4 Å². The van der Waals surface area contributed by atoms with Gasteiger partial charge in [-0.2, -0.15) is 0 Å². The lowest BCUT2D eigenvalue weighted by atomic mass is 10.1. The van der Waals surface area contributed by atoms with Crippen LogP contribution >= 0.6 is 0 Å². The molecule has 0 saturated carbocycles. The fourth-order valence-corrected chi connectivity index (χ4v) is 3.24. The summed E-state index contributed by atoms with van der Waals surface area (Å²) in [6.45, 7) is 3.66. The lowest BCUT2D eigenvalue weighted by Crippen LogP contribution is -2.41. The summed E-state index contributed by atoms with van der Waals surface area (Å²) < 4.78 is 5.35. The minimum Gasteiger partial charge on any atom is -0.478 e. The SMILES string of the molecule is CCc1oc(C(=O)NC2CC(C)N(c3ccccc3)C2=O)cc1C(=O)O. The van der Waals surface area contributed by atoms with E-state index in [4.69, 9.17) is 9.52 Å². The predicted molar refractivity (Wildman–Crippen MR) is 94.3 cm³/mol. The average Bonchev–Trinajstić information content (AvgIpc) is 3.17. The number of aryl methyl sites for hydroxylation is 1. The van der Waals surface area contributed by atoms with Crippen molar-refractivity contribution in [3.63, 3.8) is 0 Å². The van der Waals surface area contributed by atoms with Crippen LogP contribution in [0.25, 0.3) is 0 Å². The first-order chi connectivity index (χ1) is 12.4. The molecule has 2 amide bonds. The van der Waals surface area contributed by atoms with Gasteiger partial charge in [-0.15, -0.1) is 0 Å². The molecule has 3 rings (SSSR count). The molecule has 7 heteroatoms. The number of hydrogen-bond donors (Lipinski definition) is 2. The van der Waals surface area contributed by atoms with E-state index >= 15 is 0 Å². The fourth-order valence-electron chi connectivity index (χ4n) is 3.24. The van der Waals surface area contributed by atoms with Gasteiger partial charge in [-0.1, -0.05) is 25.1 Å². The third kappa shape index (κ3) is 3.20. The number of anilines is 1. The van der Waals surface area contributed by atoms with Crippen LogP contribution in [0.2, 0.25) is 0 Å². The van der Waals surface area contributed by atoms with E-state index in [1.807, 2.05) is 37.3 Å². The summed E-state index contributed by atoms with van der Waals surface area (Å²) in [4.78, 5) is 38.0. The number of carboxylic acid groups (broad SMARTS) is 1. The number of aromatic carboxylic acids is 1. The highest BCUT2D eigenvalue weighted by molar-refractivity contribution is 6.04. The minimum absolute atomic E-state index is 0.0327.